The number of rotatable bonds is 4. The van der Waals surface area contributed by atoms with Gasteiger partial charge in [-0.25, -0.2) is 8.42 Å². The molecule has 0 bridgehead atoms. The smallest absolute Gasteiger partial charge is 0.182 e. The Morgan fingerprint density at radius 1 is 1.10 bits per heavy atom. The molecular formula is C16H25NO2S. The highest BCUT2D eigenvalue weighted by atomic mass is 32.2. The van der Waals surface area contributed by atoms with Crippen molar-refractivity contribution in [2.75, 3.05) is 6.54 Å². The SMILES string of the molecule is CCNC1CCCCCC1S(=O)(=O)c1ccc(C)cc1. The van der Waals surface area contributed by atoms with Gasteiger partial charge in [-0.2, -0.15) is 0 Å². The topological polar surface area (TPSA) is 46.2 Å². The molecule has 1 aliphatic carbocycles. The Bertz CT molecular complexity index is 522. The van der Waals surface area contributed by atoms with Crippen molar-refractivity contribution in [1.82, 2.24) is 5.32 Å². The molecule has 1 N–H and O–H groups in total. The summed E-state index contributed by atoms with van der Waals surface area (Å²) >= 11 is 0. The lowest BCUT2D eigenvalue weighted by molar-refractivity contribution is 0.460. The summed E-state index contributed by atoms with van der Waals surface area (Å²) in [5, 5.41) is 3.10. The molecule has 3 nitrogen and oxygen atoms in total. The second-order valence-corrected chi connectivity index (χ2v) is 7.87. The van der Waals surface area contributed by atoms with E-state index in [1.807, 2.05) is 26.0 Å². The number of sulfone groups is 1. The minimum absolute atomic E-state index is 0.0915. The predicted octanol–water partition coefficient (Wildman–Crippen LogP) is 3.08. The maximum atomic E-state index is 12.9. The van der Waals surface area contributed by atoms with Gasteiger partial charge in [-0.15, -0.1) is 0 Å². The highest BCUT2D eigenvalue weighted by Gasteiger charge is 2.34. The molecule has 2 rings (SSSR count). The first-order chi connectivity index (χ1) is 9.55. The minimum atomic E-state index is -3.24. The Labute approximate surface area is 122 Å². The van der Waals surface area contributed by atoms with Crippen molar-refractivity contribution in [3.05, 3.63) is 29.8 Å². The van der Waals surface area contributed by atoms with E-state index in [2.05, 4.69) is 5.32 Å². The van der Waals surface area contributed by atoms with Gasteiger partial charge in [-0.1, -0.05) is 43.9 Å². The Balaban J connectivity index is 2.31. The lowest BCUT2D eigenvalue weighted by atomic mass is 10.1. The zero-order chi connectivity index (χ0) is 14.6. The summed E-state index contributed by atoms with van der Waals surface area (Å²) in [6, 6.07) is 7.35. The lowest BCUT2D eigenvalue weighted by Crippen LogP contribution is -2.43. The van der Waals surface area contributed by atoms with Gasteiger partial charge in [0, 0.05) is 6.04 Å². The first-order valence-electron chi connectivity index (χ1n) is 7.59. The van der Waals surface area contributed by atoms with Crippen LogP contribution in [0.2, 0.25) is 0 Å². The van der Waals surface area contributed by atoms with Crippen molar-refractivity contribution in [3.63, 3.8) is 0 Å². The number of aryl methyl sites for hydroxylation is 1. The molecule has 2 atom stereocenters. The van der Waals surface area contributed by atoms with Crippen LogP contribution in [0.15, 0.2) is 29.2 Å². The van der Waals surface area contributed by atoms with Crippen LogP contribution < -0.4 is 5.32 Å². The molecule has 0 heterocycles. The summed E-state index contributed by atoms with van der Waals surface area (Å²) in [6.45, 7) is 4.84. The van der Waals surface area contributed by atoms with Crippen molar-refractivity contribution < 1.29 is 8.42 Å². The van der Waals surface area contributed by atoms with Crippen LogP contribution in [0.5, 0.6) is 0 Å². The number of hydrogen-bond acceptors (Lipinski definition) is 3. The molecule has 1 aromatic carbocycles. The van der Waals surface area contributed by atoms with Crippen LogP contribution in [-0.2, 0) is 9.84 Å². The third kappa shape index (κ3) is 3.41. The highest BCUT2D eigenvalue weighted by molar-refractivity contribution is 7.92. The third-order valence-electron chi connectivity index (χ3n) is 4.17. The van der Waals surface area contributed by atoms with Gasteiger partial charge in [0.05, 0.1) is 10.1 Å². The van der Waals surface area contributed by atoms with Gasteiger partial charge in [0.25, 0.3) is 0 Å². The van der Waals surface area contributed by atoms with E-state index in [-0.39, 0.29) is 11.3 Å². The molecule has 20 heavy (non-hydrogen) atoms. The predicted molar refractivity (Wildman–Crippen MR) is 82.7 cm³/mol. The van der Waals surface area contributed by atoms with Crippen LogP contribution in [0, 0.1) is 6.92 Å². The maximum absolute atomic E-state index is 12.9. The maximum Gasteiger partial charge on any atom is 0.182 e. The van der Waals surface area contributed by atoms with E-state index in [9.17, 15) is 8.42 Å². The zero-order valence-corrected chi connectivity index (χ0v) is 13.2. The molecule has 1 aromatic rings. The third-order valence-corrected chi connectivity index (χ3v) is 6.46. The second kappa shape index (κ2) is 6.72. The minimum Gasteiger partial charge on any atom is -0.313 e. The van der Waals surface area contributed by atoms with E-state index in [1.165, 1.54) is 0 Å². The molecule has 0 radical (unpaired) electrons. The standard InChI is InChI=1S/C16H25NO2S/c1-3-17-15-7-5-4-6-8-16(15)20(18,19)14-11-9-13(2)10-12-14/h9-12,15-17H,3-8H2,1-2H3. The van der Waals surface area contributed by atoms with Crippen LogP contribution in [0.1, 0.15) is 44.6 Å². The van der Waals surface area contributed by atoms with Crippen LogP contribution >= 0.6 is 0 Å². The summed E-state index contributed by atoms with van der Waals surface area (Å²) in [7, 11) is -3.24. The first-order valence-corrected chi connectivity index (χ1v) is 9.14. The van der Waals surface area contributed by atoms with Gasteiger partial charge in [-0.05, 0) is 38.4 Å². The van der Waals surface area contributed by atoms with Crippen molar-refractivity contribution in [3.8, 4) is 0 Å². The van der Waals surface area contributed by atoms with Crippen molar-refractivity contribution in [1.29, 1.82) is 0 Å². The fraction of sp³-hybridized carbons (Fsp3) is 0.625. The molecule has 1 saturated carbocycles. The van der Waals surface area contributed by atoms with E-state index >= 15 is 0 Å². The molecule has 0 aromatic heterocycles. The monoisotopic (exact) mass is 295 g/mol. The molecule has 2 unspecified atom stereocenters. The Morgan fingerprint density at radius 3 is 2.40 bits per heavy atom. The van der Waals surface area contributed by atoms with E-state index in [4.69, 9.17) is 0 Å². The van der Waals surface area contributed by atoms with E-state index in [1.54, 1.807) is 12.1 Å². The fourth-order valence-corrected chi connectivity index (χ4v) is 5.05. The van der Waals surface area contributed by atoms with E-state index in [0.29, 0.717) is 4.90 Å². The van der Waals surface area contributed by atoms with Gasteiger partial charge in [0.15, 0.2) is 9.84 Å². The molecule has 0 aliphatic heterocycles. The Morgan fingerprint density at radius 2 is 1.75 bits per heavy atom. The fourth-order valence-electron chi connectivity index (χ4n) is 3.04. The van der Waals surface area contributed by atoms with Crippen molar-refractivity contribution in [2.45, 2.75) is 62.1 Å². The molecule has 4 heteroatoms. The highest BCUT2D eigenvalue weighted by Crippen LogP contribution is 2.28. The van der Waals surface area contributed by atoms with E-state index in [0.717, 1.165) is 44.2 Å². The average molecular weight is 295 g/mol. The van der Waals surface area contributed by atoms with Crippen LogP contribution in [0.4, 0.5) is 0 Å². The summed E-state index contributed by atoms with van der Waals surface area (Å²) in [4.78, 5) is 0.470. The molecule has 0 amide bonds. The van der Waals surface area contributed by atoms with E-state index < -0.39 is 9.84 Å². The molecule has 1 fully saturated rings. The van der Waals surface area contributed by atoms with Crippen LogP contribution in [0.3, 0.4) is 0 Å². The van der Waals surface area contributed by atoms with Crippen molar-refractivity contribution in [2.24, 2.45) is 0 Å². The summed E-state index contributed by atoms with van der Waals surface area (Å²) < 4.78 is 25.8. The molecule has 112 valence electrons. The molecule has 1 aliphatic rings. The molecular weight excluding hydrogens is 270 g/mol. The average Bonchev–Trinajstić information content (AvgIpc) is 2.65. The number of nitrogens with one attached hydrogen (secondary N) is 1. The van der Waals surface area contributed by atoms with Gasteiger partial charge in [0.1, 0.15) is 0 Å². The van der Waals surface area contributed by atoms with Crippen LogP contribution in [0.25, 0.3) is 0 Å². The summed E-state index contributed by atoms with van der Waals surface area (Å²) in [5.74, 6) is 0. The van der Waals surface area contributed by atoms with Crippen molar-refractivity contribution >= 4 is 9.84 Å². The molecule has 0 spiro atoms. The molecule has 0 saturated heterocycles. The first kappa shape index (κ1) is 15.5. The number of benzene rings is 1. The van der Waals surface area contributed by atoms with Gasteiger partial charge < -0.3 is 5.32 Å². The number of hydrogen-bond donors (Lipinski definition) is 1. The quantitative estimate of drug-likeness (QED) is 0.868. The largest absolute Gasteiger partial charge is 0.313 e. The second-order valence-electron chi connectivity index (χ2n) is 5.70. The summed E-state index contributed by atoms with van der Waals surface area (Å²) in [6.07, 6.45) is 5.01. The van der Waals surface area contributed by atoms with Crippen LogP contribution in [-0.4, -0.2) is 26.3 Å². The van der Waals surface area contributed by atoms with Gasteiger partial charge >= 0.3 is 0 Å². The lowest BCUT2D eigenvalue weighted by Gasteiger charge is -2.26. The zero-order valence-electron chi connectivity index (χ0n) is 12.4. The summed E-state index contributed by atoms with van der Waals surface area (Å²) in [5.41, 5.74) is 1.09. The normalized spacial score (nSPS) is 24.3. The Kier molecular flexibility index (Phi) is 5.22. The van der Waals surface area contributed by atoms with Gasteiger partial charge in [0.2, 0.25) is 0 Å². The Hall–Kier alpha value is -0.870. The van der Waals surface area contributed by atoms with Gasteiger partial charge in [-0.3, -0.25) is 0 Å².